The SMILES string of the molecule is C[C@@H](NCC(=O)NC(C)(C)C)c1cccc(OC(F)F)c1. The van der Waals surface area contributed by atoms with E-state index in [1.165, 1.54) is 12.1 Å². The molecule has 0 aliphatic rings. The van der Waals surface area contributed by atoms with Crippen molar-refractivity contribution in [2.75, 3.05) is 6.54 Å². The number of nitrogens with one attached hydrogen (secondary N) is 2. The summed E-state index contributed by atoms with van der Waals surface area (Å²) in [6, 6.07) is 6.27. The van der Waals surface area contributed by atoms with E-state index in [4.69, 9.17) is 0 Å². The van der Waals surface area contributed by atoms with E-state index in [1.54, 1.807) is 12.1 Å². The number of halogens is 2. The van der Waals surface area contributed by atoms with E-state index in [1.807, 2.05) is 27.7 Å². The standard InChI is InChI=1S/C15H22F2N2O2/c1-10(18-9-13(20)19-15(2,3)4)11-6-5-7-12(8-11)21-14(16)17/h5-8,10,14,18H,9H2,1-4H3,(H,19,20)/t10-/m1/s1. The van der Waals surface area contributed by atoms with E-state index in [0.29, 0.717) is 0 Å². The second kappa shape index (κ2) is 7.36. The molecule has 0 fully saturated rings. The summed E-state index contributed by atoms with van der Waals surface area (Å²) >= 11 is 0. The molecule has 4 nitrogen and oxygen atoms in total. The predicted octanol–water partition coefficient (Wildman–Crippen LogP) is 2.85. The lowest BCUT2D eigenvalue weighted by atomic mass is 10.1. The first-order chi connectivity index (χ1) is 9.67. The molecule has 1 atom stereocenters. The Morgan fingerprint density at radius 1 is 1.33 bits per heavy atom. The van der Waals surface area contributed by atoms with E-state index in [-0.39, 0.29) is 29.8 Å². The van der Waals surface area contributed by atoms with Gasteiger partial charge in [-0.25, -0.2) is 0 Å². The summed E-state index contributed by atoms with van der Waals surface area (Å²) in [5.74, 6) is -0.00960. The van der Waals surface area contributed by atoms with E-state index in [0.717, 1.165) is 5.56 Å². The number of rotatable bonds is 6. The van der Waals surface area contributed by atoms with E-state index >= 15 is 0 Å². The van der Waals surface area contributed by atoms with Gasteiger partial charge in [-0.05, 0) is 45.4 Å². The van der Waals surface area contributed by atoms with Crippen LogP contribution in [0.3, 0.4) is 0 Å². The number of alkyl halides is 2. The van der Waals surface area contributed by atoms with Crippen molar-refractivity contribution in [3.8, 4) is 5.75 Å². The molecule has 0 aliphatic heterocycles. The molecule has 0 heterocycles. The highest BCUT2D eigenvalue weighted by atomic mass is 19.3. The number of hydrogen-bond acceptors (Lipinski definition) is 3. The Hall–Kier alpha value is -1.69. The lowest BCUT2D eigenvalue weighted by Crippen LogP contribution is -2.45. The maximum atomic E-state index is 12.2. The fourth-order valence-electron chi connectivity index (χ4n) is 1.79. The third kappa shape index (κ3) is 7.04. The summed E-state index contributed by atoms with van der Waals surface area (Å²) in [6.45, 7) is 4.86. The van der Waals surface area contributed by atoms with Crippen LogP contribution in [0.2, 0.25) is 0 Å². The zero-order chi connectivity index (χ0) is 16.0. The van der Waals surface area contributed by atoms with Crippen molar-refractivity contribution in [1.82, 2.24) is 10.6 Å². The molecule has 0 saturated heterocycles. The minimum Gasteiger partial charge on any atom is -0.435 e. The van der Waals surface area contributed by atoms with Gasteiger partial charge in [0.05, 0.1) is 6.54 Å². The molecule has 0 radical (unpaired) electrons. The van der Waals surface area contributed by atoms with Gasteiger partial charge in [0.25, 0.3) is 0 Å². The quantitative estimate of drug-likeness (QED) is 0.849. The highest BCUT2D eigenvalue weighted by molar-refractivity contribution is 5.78. The van der Waals surface area contributed by atoms with Crippen LogP contribution in [0.25, 0.3) is 0 Å². The van der Waals surface area contributed by atoms with Gasteiger partial charge in [0.1, 0.15) is 5.75 Å². The molecular weight excluding hydrogens is 278 g/mol. The van der Waals surface area contributed by atoms with Crippen LogP contribution >= 0.6 is 0 Å². The molecule has 0 aromatic heterocycles. The van der Waals surface area contributed by atoms with Crippen molar-refractivity contribution in [1.29, 1.82) is 0 Å². The molecule has 0 bridgehead atoms. The normalized spacial score (nSPS) is 13.1. The van der Waals surface area contributed by atoms with Crippen LogP contribution in [0, 0.1) is 0 Å². The van der Waals surface area contributed by atoms with Gasteiger partial charge in [0.2, 0.25) is 5.91 Å². The zero-order valence-electron chi connectivity index (χ0n) is 12.7. The van der Waals surface area contributed by atoms with Crippen LogP contribution < -0.4 is 15.4 Å². The summed E-state index contributed by atoms with van der Waals surface area (Å²) in [5, 5.41) is 5.88. The first-order valence-corrected chi connectivity index (χ1v) is 6.76. The van der Waals surface area contributed by atoms with Crippen LogP contribution in [-0.2, 0) is 4.79 Å². The van der Waals surface area contributed by atoms with Crippen LogP contribution in [-0.4, -0.2) is 24.6 Å². The third-order valence-corrected chi connectivity index (χ3v) is 2.67. The molecule has 1 aromatic rings. The topological polar surface area (TPSA) is 50.4 Å². The molecule has 1 amide bonds. The van der Waals surface area contributed by atoms with Gasteiger partial charge in [-0.15, -0.1) is 0 Å². The summed E-state index contributed by atoms with van der Waals surface area (Å²) in [4.78, 5) is 11.7. The fourth-order valence-corrected chi connectivity index (χ4v) is 1.79. The number of hydrogen-bond donors (Lipinski definition) is 2. The number of amides is 1. The van der Waals surface area contributed by atoms with Crippen molar-refractivity contribution < 1.29 is 18.3 Å². The van der Waals surface area contributed by atoms with Gasteiger partial charge in [0.15, 0.2) is 0 Å². The van der Waals surface area contributed by atoms with Crippen molar-refractivity contribution in [3.05, 3.63) is 29.8 Å². The third-order valence-electron chi connectivity index (χ3n) is 2.67. The Kier molecular flexibility index (Phi) is 6.08. The Morgan fingerprint density at radius 2 is 2.00 bits per heavy atom. The second-order valence-corrected chi connectivity index (χ2v) is 5.85. The van der Waals surface area contributed by atoms with Gasteiger partial charge in [0, 0.05) is 11.6 Å². The van der Waals surface area contributed by atoms with E-state index < -0.39 is 6.61 Å². The Morgan fingerprint density at radius 3 is 2.57 bits per heavy atom. The number of ether oxygens (including phenoxy) is 1. The molecule has 0 unspecified atom stereocenters. The molecule has 21 heavy (non-hydrogen) atoms. The summed E-state index contributed by atoms with van der Waals surface area (Å²) in [6.07, 6.45) is 0. The molecule has 1 aromatic carbocycles. The van der Waals surface area contributed by atoms with Crippen molar-refractivity contribution in [2.24, 2.45) is 0 Å². The largest absolute Gasteiger partial charge is 0.435 e. The van der Waals surface area contributed by atoms with Crippen molar-refractivity contribution >= 4 is 5.91 Å². The van der Waals surface area contributed by atoms with Crippen molar-refractivity contribution in [3.63, 3.8) is 0 Å². The van der Waals surface area contributed by atoms with Gasteiger partial charge >= 0.3 is 6.61 Å². The molecule has 118 valence electrons. The molecule has 0 spiro atoms. The molecular formula is C15H22F2N2O2. The first kappa shape index (κ1) is 17.4. The molecule has 2 N–H and O–H groups in total. The minimum absolute atomic E-state index is 0.107. The number of carbonyl (C=O) groups is 1. The predicted molar refractivity (Wildman–Crippen MR) is 77.4 cm³/mol. The molecule has 0 saturated carbocycles. The molecule has 0 aliphatic carbocycles. The van der Waals surface area contributed by atoms with Gasteiger partial charge in [-0.1, -0.05) is 12.1 Å². The van der Waals surface area contributed by atoms with Crippen LogP contribution in [0.5, 0.6) is 5.75 Å². The maximum absolute atomic E-state index is 12.2. The summed E-state index contributed by atoms with van der Waals surface area (Å²) in [7, 11) is 0. The zero-order valence-corrected chi connectivity index (χ0v) is 12.7. The number of carbonyl (C=O) groups excluding carboxylic acids is 1. The fraction of sp³-hybridized carbons (Fsp3) is 0.533. The second-order valence-electron chi connectivity index (χ2n) is 5.85. The Balaban J connectivity index is 2.55. The molecule has 1 rings (SSSR count). The van der Waals surface area contributed by atoms with Crippen LogP contribution in [0.4, 0.5) is 8.78 Å². The molecule has 6 heteroatoms. The van der Waals surface area contributed by atoms with E-state index in [9.17, 15) is 13.6 Å². The highest BCUT2D eigenvalue weighted by Crippen LogP contribution is 2.20. The van der Waals surface area contributed by atoms with Gasteiger partial charge < -0.3 is 15.4 Å². The average molecular weight is 300 g/mol. The number of benzene rings is 1. The highest BCUT2D eigenvalue weighted by Gasteiger charge is 2.15. The Bertz CT molecular complexity index is 473. The van der Waals surface area contributed by atoms with Crippen LogP contribution in [0.15, 0.2) is 24.3 Å². The van der Waals surface area contributed by atoms with Gasteiger partial charge in [-0.3, -0.25) is 4.79 Å². The Labute approximate surface area is 123 Å². The van der Waals surface area contributed by atoms with Gasteiger partial charge in [-0.2, -0.15) is 8.78 Å². The lowest BCUT2D eigenvalue weighted by Gasteiger charge is -2.22. The minimum atomic E-state index is -2.85. The summed E-state index contributed by atoms with van der Waals surface area (Å²) in [5.41, 5.74) is 0.490. The average Bonchev–Trinajstić information content (AvgIpc) is 2.33. The smallest absolute Gasteiger partial charge is 0.387 e. The van der Waals surface area contributed by atoms with Crippen molar-refractivity contribution in [2.45, 2.75) is 45.9 Å². The first-order valence-electron chi connectivity index (χ1n) is 6.76. The van der Waals surface area contributed by atoms with E-state index in [2.05, 4.69) is 15.4 Å². The van der Waals surface area contributed by atoms with Crippen LogP contribution in [0.1, 0.15) is 39.3 Å². The lowest BCUT2D eigenvalue weighted by molar-refractivity contribution is -0.121. The monoisotopic (exact) mass is 300 g/mol. The maximum Gasteiger partial charge on any atom is 0.387 e. The summed E-state index contributed by atoms with van der Waals surface area (Å²) < 4.78 is 28.7.